The van der Waals surface area contributed by atoms with E-state index in [0.29, 0.717) is 55.5 Å². The van der Waals surface area contributed by atoms with Gasteiger partial charge in [-0.25, -0.2) is 8.78 Å². The fraction of sp³-hybridized carbons (Fsp3) is 0.310. The van der Waals surface area contributed by atoms with Crippen molar-refractivity contribution in [3.63, 3.8) is 0 Å². The normalized spacial score (nSPS) is 14.9. The van der Waals surface area contributed by atoms with Gasteiger partial charge in [0.05, 0.1) is 5.69 Å². The Kier molecular flexibility index (Phi) is 9.31. The number of halogens is 3. The van der Waals surface area contributed by atoms with Crippen molar-refractivity contribution in [1.29, 1.82) is 0 Å². The number of rotatable bonds is 5. The number of nitrogens with zero attached hydrogens (tertiary/aromatic N) is 3. The Morgan fingerprint density at radius 1 is 0.921 bits per heavy atom. The average molecular weight is 542 g/mol. The van der Waals surface area contributed by atoms with Crippen LogP contribution in [0.25, 0.3) is 0 Å². The highest BCUT2D eigenvalue weighted by Gasteiger charge is 2.24. The van der Waals surface area contributed by atoms with Gasteiger partial charge in [-0.3, -0.25) is 14.5 Å². The standard InChI is InChI=1S/C29H30ClF2N3O3/c1-21(36)35-13-5-12-33(18-22-6-3-2-4-7-22)14-15-34(19-23-16-26(31)27(32)17-28(23)35)29(37)20-38-25-10-8-24(30)9-11-25/h2-4,6-11,16-17H,5,12-15,18-20H2,1H3. The Morgan fingerprint density at radius 2 is 1.63 bits per heavy atom. The molecular weight excluding hydrogens is 512 g/mol. The molecule has 6 nitrogen and oxygen atoms in total. The molecule has 9 heteroatoms. The molecule has 0 fully saturated rings. The molecule has 0 aromatic heterocycles. The van der Waals surface area contributed by atoms with Gasteiger partial charge in [0.1, 0.15) is 5.75 Å². The zero-order valence-corrected chi connectivity index (χ0v) is 22.0. The first kappa shape index (κ1) is 27.5. The minimum Gasteiger partial charge on any atom is -0.484 e. The maximum absolute atomic E-state index is 14.3. The van der Waals surface area contributed by atoms with Gasteiger partial charge in [-0.1, -0.05) is 41.9 Å². The monoisotopic (exact) mass is 541 g/mol. The van der Waals surface area contributed by atoms with Crippen LogP contribution >= 0.6 is 11.6 Å². The van der Waals surface area contributed by atoms with Crippen molar-refractivity contribution in [1.82, 2.24) is 9.80 Å². The molecule has 0 spiro atoms. The first-order chi connectivity index (χ1) is 18.3. The van der Waals surface area contributed by atoms with E-state index in [0.717, 1.165) is 17.7 Å². The van der Waals surface area contributed by atoms with Gasteiger partial charge in [0, 0.05) is 57.3 Å². The zero-order chi connectivity index (χ0) is 27.1. The molecule has 0 saturated carbocycles. The van der Waals surface area contributed by atoms with Crippen LogP contribution in [0.4, 0.5) is 14.5 Å². The van der Waals surface area contributed by atoms with Gasteiger partial charge >= 0.3 is 0 Å². The fourth-order valence-electron chi connectivity index (χ4n) is 4.49. The predicted molar refractivity (Wildman–Crippen MR) is 143 cm³/mol. The van der Waals surface area contributed by atoms with Gasteiger partial charge < -0.3 is 14.5 Å². The third kappa shape index (κ3) is 7.30. The first-order valence-corrected chi connectivity index (χ1v) is 12.9. The molecule has 0 bridgehead atoms. The smallest absolute Gasteiger partial charge is 0.260 e. The maximum atomic E-state index is 14.3. The summed E-state index contributed by atoms with van der Waals surface area (Å²) in [5.41, 5.74) is 1.75. The van der Waals surface area contributed by atoms with Crippen molar-refractivity contribution in [2.24, 2.45) is 0 Å². The molecule has 0 unspecified atom stereocenters. The third-order valence-electron chi connectivity index (χ3n) is 6.47. The zero-order valence-electron chi connectivity index (χ0n) is 21.2. The quantitative estimate of drug-likeness (QED) is 0.441. The van der Waals surface area contributed by atoms with Crippen molar-refractivity contribution in [3.8, 4) is 5.75 Å². The van der Waals surface area contributed by atoms with Crippen LogP contribution in [0, 0.1) is 11.6 Å². The molecule has 2 amide bonds. The summed E-state index contributed by atoms with van der Waals surface area (Å²) in [5.74, 6) is -2.18. The summed E-state index contributed by atoms with van der Waals surface area (Å²) < 4.78 is 34.3. The lowest BCUT2D eigenvalue weighted by Gasteiger charge is -2.28. The van der Waals surface area contributed by atoms with Gasteiger partial charge in [-0.2, -0.15) is 0 Å². The van der Waals surface area contributed by atoms with Gasteiger partial charge in [0.2, 0.25) is 5.91 Å². The third-order valence-corrected chi connectivity index (χ3v) is 6.73. The van der Waals surface area contributed by atoms with Crippen molar-refractivity contribution in [2.75, 3.05) is 37.7 Å². The Bertz CT molecular complexity index is 1260. The van der Waals surface area contributed by atoms with E-state index in [9.17, 15) is 18.4 Å². The average Bonchev–Trinajstić information content (AvgIpc) is 2.93. The van der Waals surface area contributed by atoms with Crippen LogP contribution in [0.2, 0.25) is 5.02 Å². The summed E-state index contributed by atoms with van der Waals surface area (Å²) in [5, 5.41) is 0.551. The van der Waals surface area contributed by atoms with Crippen molar-refractivity contribution in [2.45, 2.75) is 26.4 Å². The SMILES string of the molecule is CC(=O)N1CCCN(Cc2ccccc2)CCN(C(=O)COc2ccc(Cl)cc2)Cc2cc(F)c(F)cc21. The van der Waals surface area contributed by atoms with E-state index in [2.05, 4.69) is 4.90 Å². The van der Waals surface area contributed by atoms with Crippen molar-refractivity contribution >= 4 is 29.1 Å². The van der Waals surface area contributed by atoms with Crippen LogP contribution in [0.5, 0.6) is 5.75 Å². The summed E-state index contributed by atoms with van der Waals surface area (Å²) in [6.45, 7) is 3.71. The van der Waals surface area contributed by atoms with Crippen LogP contribution < -0.4 is 9.64 Å². The van der Waals surface area contributed by atoms with E-state index >= 15 is 0 Å². The molecule has 1 aliphatic heterocycles. The lowest BCUT2D eigenvalue weighted by molar-refractivity contribution is -0.134. The van der Waals surface area contributed by atoms with Crippen molar-refractivity contribution in [3.05, 3.63) is 94.5 Å². The van der Waals surface area contributed by atoms with E-state index in [1.165, 1.54) is 11.8 Å². The summed E-state index contributed by atoms with van der Waals surface area (Å²) in [7, 11) is 0. The van der Waals surface area contributed by atoms with Crippen molar-refractivity contribution < 1.29 is 23.1 Å². The van der Waals surface area contributed by atoms with Crippen LogP contribution in [0.15, 0.2) is 66.7 Å². The first-order valence-electron chi connectivity index (χ1n) is 12.5. The minimum atomic E-state index is -1.04. The van der Waals surface area contributed by atoms with E-state index < -0.39 is 11.6 Å². The molecule has 1 heterocycles. The topological polar surface area (TPSA) is 53.1 Å². The highest BCUT2D eigenvalue weighted by atomic mass is 35.5. The van der Waals surface area contributed by atoms with Gasteiger partial charge in [-0.15, -0.1) is 0 Å². The lowest BCUT2D eigenvalue weighted by atomic mass is 10.1. The predicted octanol–water partition coefficient (Wildman–Crippen LogP) is 5.28. The molecule has 4 rings (SSSR count). The number of carbonyl (C=O) groups is 2. The van der Waals surface area contributed by atoms with E-state index in [-0.39, 0.29) is 30.7 Å². The number of ether oxygens (including phenoxy) is 1. The number of hydrogen-bond donors (Lipinski definition) is 0. The number of benzene rings is 3. The van der Waals surface area contributed by atoms with Crippen LogP contribution in [-0.2, 0) is 22.7 Å². The lowest BCUT2D eigenvalue weighted by Crippen LogP contribution is -2.40. The van der Waals surface area contributed by atoms with E-state index in [1.54, 1.807) is 29.2 Å². The highest BCUT2D eigenvalue weighted by Crippen LogP contribution is 2.27. The minimum absolute atomic E-state index is 0.00169. The van der Waals surface area contributed by atoms with E-state index in [1.807, 2.05) is 30.3 Å². The second-order valence-electron chi connectivity index (χ2n) is 9.24. The van der Waals surface area contributed by atoms with Crippen LogP contribution in [0.1, 0.15) is 24.5 Å². The molecule has 1 aliphatic rings. The molecule has 0 saturated heterocycles. The molecule has 38 heavy (non-hydrogen) atoms. The Labute approximate surface area is 226 Å². The van der Waals surface area contributed by atoms with Crippen LogP contribution in [-0.4, -0.2) is 54.4 Å². The summed E-state index contributed by atoms with van der Waals surface area (Å²) in [4.78, 5) is 31.1. The Morgan fingerprint density at radius 3 is 2.34 bits per heavy atom. The van der Waals surface area contributed by atoms with E-state index in [4.69, 9.17) is 16.3 Å². The molecule has 0 N–H and O–H groups in total. The molecule has 3 aromatic carbocycles. The highest BCUT2D eigenvalue weighted by molar-refractivity contribution is 6.30. The number of anilines is 1. The van der Waals surface area contributed by atoms with Gasteiger partial charge in [0.15, 0.2) is 18.2 Å². The fourth-order valence-corrected chi connectivity index (χ4v) is 4.62. The number of fused-ring (bicyclic) bond motifs is 1. The molecule has 3 aromatic rings. The maximum Gasteiger partial charge on any atom is 0.260 e. The summed E-state index contributed by atoms with van der Waals surface area (Å²) in [6.07, 6.45) is 0.623. The summed E-state index contributed by atoms with van der Waals surface area (Å²) in [6, 6.07) is 18.8. The second-order valence-corrected chi connectivity index (χ2v) is 9.68. The second kappa shape index (κ2) is 12.8. The molecule has 0 atom stereocenters. The number of amides is 2. The van der Waals surface area contributed by atoms with Crippen LogP contribution in [0.3, 0.4) is 0 Å². The largest absolute Gasteiger partial charge is 0.484 e. The molecule has 0 aliphatic carbocycles. The van der Waals surface area contributed by atoms with Gasteiger partial charge in [-0.05, 0) is 47.9 Å². The Balaban J connectivity index is 1.62. The van der Waals surface area contributed by atoms with Gasteiger partial charge in [0.25, 0.3) is 5.91 Å². The Hall–Kier alpha value is -3.49. The summed E-state index contributed by atoms with van der Waals surface area (Å²) >= 11 is 5.93. The number of hydrogen-bond acceptors (Lipinski definition) is 4. The molecule has 0 radical (unpaired) electrons. The number of carbonyl (C=O) groups excluding carboxylic acids is 2. The molecule has 200 valence electrons. The molecular formula is C29H30ClF2N3O3.